The molecule has 2 aromatic rings. The Kier molecular flexibility index (Phi) is 3.66. The molecule has 0 saturated heterocycles. The van der Waals surface area contributed by atoms with Crippen molar-refractivity contribution in [2.24, 2.45) is 6.98 Å². The van der Waals surface area contributed by atoms with Gasteiger partial charge in [0.1, 0.15) is 11.5 Å². The molecule has 25 heavy (non-hydrogen) atoms. The molecule has 7 nitrogen and oxygen atoms in total. The van der Waals surface area contributed by atoms with E-state index in [2.05, 4.69) is 10.2 Å². The second-order valence-corrected chi connectivity index (χ2v) is 5.14. The molecule has 2 rings (SSSR count). The zero-order valence-electron chi connectivity index (χ0n) is 16.2. The summed E-state index contributed by atoms with van der Waals surface area (Å²) < 4.78 is 36.7. The van der Waals surface area contributed by atoms with Crippen LogP contribution in [0.5, 0.6) is 0 Å². The van der Waals surface area contributed by atoms with Crippen LogP contribution in [0.1, 0.15) is 36.2 Å². The first kappa shape index (κ1) is 13.9. The number of anilines is 1. The molecule has 1 aromatic heterocycles. The van der Waals surface area contributed by atoms with Crippen molar-refractivity contribution in [2.45, 2.75) is 13.8 Å². The first-order valence-electron chi connectivity index (χ1n) is 8.38. The van der Waals surface area contributed by atoms with Crippen LogP contribution < -0.4 is 5.32 Å². The molecule has 0 spiro atoms. The maximum atomic E-state index is 13.4. The summed E-state index contributed by atoms with van der Waals surface area (Å²) >= 11 is 0. The molecule has 128 valence electrons. The summed E-state index contributed by atoms with van der Waals surface area (Å²) in [6, 6.07) is 3.28. The maximum Gasteiger partial charge on any atom is 0.378 e. The zero-order valence-corrected chi connectivity index (χ0v) is 13.2. The molecular weight excluding hydrogens is 329 g/mol. The summed E-state index contributed by atoms with van der Waals surface area (Å²) in [7, 11) is 0. The number of halogens is 1. The fourth-order valence-corrected chi connectivity index (χ4v) is 2.41. The highest BCUT2D eigenvalue weighted by Gasteiger charge is 2.28. The molecule has 1 amide bonds. The Hall–Kier alpha value is -3.47. The van der Waals surface area contributed by atoms with Gasteiger partial charge < -0.3 is 15.0 Å². The average molecular weight is 346 g/mol. The predicted molar refractivity (Wildman–Crippen MR) is 87.5 cm³/mol. The molecule has 1 heterocycles. The number of benzene rings is 1. The number of nitrogens with zero attached hydrogens (tertiary/aromatic N) is 2. The van der Waals surface area contributed by atoms with Crippen LogP contribution in [0.2, 0.25) is 0 Å². The molecule has 0 bridgehead atoms. The summed E-state index contributed by atoms with van der Waals surface area (Å²) in [5, 5.41) is 11.4. The Bertz CT molecular complexity index is 1050. The van der Waals surface area contributed by atoms with Gasteiger partial charge in [0.05, 0.1) is 12.1 Å². The molecule has 0 fully saturated rings. The lowest BCUT2D eigenvalue weighted by atomic mass is 10.1. The van der Waals surface area contributed by atoms with Gasteiger partial charge in [-0.3, -0.25) is 9.59 Å². The molecular formula is C17H14FN3O4. The highest BCUT2D eigenvalue weighted by atomic mass is 19.1. The maximum absolute atomic E-state index is 13.4. The summed E-state index contributed by atoms with van der Waals surface area (Å²) in [5.74, 6) is -4.94. The molecule has 0 radical (unpaired) electrons. The molecule has 0 atom stereocenters. The highest BCUT2D eigenvalue weighted by molar-refractivity contribution is 6.40. The standard InChI is InChI=1S/C17H14FN3O4/c1-8-13(9(2)21(4)14(8)15(22)17(24)25)16(23)20-10-5-6-11(18)12(7-10)19-3/h5-7H,1-2,4H3,(H,20,23)(H,24,25)/i4D3. The van der Waals surface area contributed by atoms with E-state index in [0.717, 1.165) is 12.1 Å². The normalized spacial score (nSPS) is 12.5. The second-order valence-electron chi connectivity index (χ2n) is 5.14. The number of carboxylic acids is 1. The number of aromatic nitrogens is 1. The van der Waals surface area contributed by atoms with Gasteiger partial charge in [0.2, 0.25) is 5.69 Å². The Balaban J connectivity index is 2.60. The van der Waals surface area contributed by atoms with Crippen molar-refractivity contribution in [3.8, 4) is 0 Å². The van der Waals surface area contributed by atoms with Crippen LogP contribution in [0.25, 0.3) is 4.85 Å². The summed E-state index contributed by atoms with van der Waals surface area (Å²) in [6.07, 6.45) is 0. The molecule has 0 aliphatic carbocycles. The minimum atomic E-state index is -2.90. The van der Waals surface area contributed by atoms with Crippen molar-refractivity contribution < 1.29 is 28.0 Å². The fourth-order valence-electron chi connectivity index (χ4n) is 2.41. The van der Waals surface area contributed by atoms with Crippen LogP contribution in [-0.2, 0) is 11.8 Å². The Morgan fingerprint density at radius 3 is 2.60 bits per heavy atom. The van der Waals surface area contributed by atoms with Crippen molar-refractivity contribution in [3.05, 3.63) is 57.9 Å². The van der Waals surface area contributed by atoms with E-state index >= 15 is 0 Å². The Labute approximate surface area is 146 Å². The van der Waals surface area contributed by atoms with Gasteiger partial charge in [-0.15, -0.1) is 0 Å². The van der Waals surface area contributed by atoms with Crippen LogP contribution in [0.15, 0.2) is 18.2 Å². The Morgan fingerprint density at radius 1 is 1.36 bits per heavy atom. The number of hydrogen-bond acceptors (Lipinski definition) is 3. The quantitative estimate of drug-likeness (QED) is 0.506. The molecule has 1 aromatic carbocycles. The van der Waals surface area contributed by atoms with E-state index in [1.54, 1.807) is 0 Å². The van der Waals surface area contributed by atoms with E-state index in [1.165, 1.54) is 19.9 Å². The fraction of sp³-hybridized carbons (Fsp3) is 0.176. The lowest BCUT2D eigenvalue weighted by molar-refractivity contribution is -0.131. The van der Waals surface area contributed by atoms with E-state index in [9.17, 15) is 18.8 Å². The molecule has 0 saturated carbocycles. The number of hydrogen-bond donors (Lipinski definition) is 2. The van der Waals surface area contributed by atoms with Gasteiger partial charge in [-0.05, 0) is 37.6 Å². The number of Topliss-reactive ketones (excluding diaryl/α,β-unsaturated/α-hetero) is 1. The number of nitrogens with one attached hydrogen (secondary N) is 1. The number of ketones is 1. The Morgan fingerprint density at radius 2 is 2.04 bits per heavy atom. The highest BCUT2D eigenvalue weighted by Crippen LogP contribution is 2.25. The molecule has 0 aliphatic rings. The van der Waals surface area contributed by atoms with E-state index in [-0.39, 0.29) is 28.2 Å². The topological polar surface area (TPSA) is 92.8 Å². The third-order valence-corrected chi connectivity index (χ3v) is 3.61. The van der Waals surface area contributed by atoms with Crippen molar-refractivity contribution in [3.63, 3.8) is 0 Å². The van der Waals surface area contributed by atoms with E-state index in [1.807, 2.05) is 0 Å². The smallest absolute Gasteiger partial charge is 0.378 e. The summed E-state index contributed by atoms with van der Waals surface area (Å²) in [6.45, 7) is 6.52. The number of carboxylic acid groups (broad SMARTS) is 1. The van der Waals surface area contributed by atoms with Gasteiger partial charge in [0.25, 0.3) is 11.7 Å². The van der Waals surface area contributed by atoms with E-state index < -0.39 is 36.1 Å². The lowest BCUT2D eigenvalue weighted by Crippen LogP contribution is -2.17. The number of amides is 1. The van der Waals surface area contributed by atoms with Crippen LogP contribution in [0.3, 0.4) is 0 Å². The minimum absolute atomic E-state index is 0.0731. The minimum Gasteiger partial charge on any atom is -0.475 e. The monoisotopic (exact) mass is 346 g/mol. The van der Waals surface area contributed by atoms with Crippen LogP contribution in [0, 0.1) is 26.2 Å². The first-order chi connectivity index (χ1) is 12.9. The third kappa shape index (κ3) is 3.12. The number of carbonyl (C=O) groups excluding carboxylic acids is 2. The first-order valence-corrected chi connectivity index (χ1v) is 6.88. The molecule has 2 N–H and O–H groups in total. The predicted octanol–water partition coefficient (Wildman–Crippen LogP) is 2.85. The van der Waals surface area contributed by atoms with Gasteiger partial charge in [0.15, 0.2) is 0 Å². The third-order valence-electron chi connectivity index (χ3n) is 3.61. The lowest BCUT2D eigenvalue weighted by Gasteiger charge is -2.07. The number of carbonyl (C=O) groups is 3. The van der Waals surface area contributed by atoms with E-state index in [0.29, 0.717) is 4.57 Å². The van der Waals surface area contributed by atoms with Crippen LogP contribution in [-0.4, -0.2) is 27.3 Å². The molecule has 0 aliphatic heterocycles. The van der Waals surface area contributed by atoms with E-state index in [4.69, 9.17) is 15.8 Å². The van der Waals surface area contributed by atoms with Crippen LogP contribution in [0.4, 0.5) is 15.8 Å². The van der Waals surface area contributed by atoms with Crippen molar-refractivity contribution >= 4 is 29.0 Å². The summed E-state index contributed by atoms with van der Waals surface area (Å²) in [5.41, 5.74) is -1.33. The van der Waals surface area contributed by atoms with Crippen molar-refractivity contribution in [1.82, 2.24) is 4.57 Å². The van der Waals surface area contributed by atoms with Gasteiger partial charge in [-0.2, -0.15) is 0 Å². The number of rotatable bonds is 4. The van der Waals surface area contributed by atoms with Crippen molar-refractivity contribution in [2.75, 3.05) is 5.32 Å². The SMILES string of the molecule is [2H]C([2H])([2H])n1c(C)c(C(=O)Nc2ccc(F)c([N+]#[C-])c2)c(C)c1C(=O)C(=O)O. The molecule has 8 heteroatoms. The second kappa shape index (κ2) is 6.57. The van der Waals surface area contributed by atoms with Gasteiger partial charge in [0, 0.05) is 22.5 Å². The molecule has 0 unspecified atom stereocenters. The average Bonchev–Trinajstić information content (AvgIpc) is 2.86. The van der Waals surface area contributed by atoms with Crippen molar-refractivity contribution in [1.29, 1.82) is 0 Å². The largest absolute Gasteiger partial charge is 0.475 e. The van der Waals surface area contributed by atoms with Crippen LogP contribution >= 0.6 is 0 Å². The summed E-state index contributed by atoms with van der Waals surface area (Å²) in [4.78, 5) is 38.8. The zero-order chi connectivity index (χ0) is 21.4. The number of aliphatic carboxylic acids is 1. The van der Waals surface area contributed by atoms with Gasteiger partial charge in [-0.1, -0.05) is 0 Å². The van der Waals surface area contributed by atoms with Gasteiger partial charge in [-0.25, -0.2) is 14.0 Å². The van der Waals surface area contributed by atoms with Gasteiger partial charge >= 0.3 is 5.97 Å².